The van der Waals surface area contributed by atoms with Gasteiger partial charge in [-0.3, -0.25) is 0 Å². The van der Waals surface area contributed by atoms with Crippen LogP contribution in [0.1, 0.15) is 5.56 Å². The number of nitrogens with zero attached hydrogens (tertiary/aromatic N) is 1. The Morgan fingerprint density at radius 3 is 2.23 bits per heavy atom. The van der Waals surface area contributed by atoms with E-state index in [4.69, 9.17) is 4.52 Å². The van der Waals surface area contributed by atoms with E-state index in [0.717, 1.165) is 17.7 Å². The molecule has 0 bridgehead atoms. The van der Waals surface area contributed by atoms with Gasteiger partial charge >= 0.3 is 6.18 Å². The van der Waals surface area contributed by atoms with Crippen molar-refractivity contribution in [2.75, 3.05) is 5.32 Å². The molecule has 1 heterocycles. The van der Waals surface area contributed by atoms with E-state index in [-0.39, 0.29) is 0 Å². The summed E-state index contributed by atoms with van der Waals surface area (Å²) in [4.78, 5) is 0. The number of rotatable bonds is 3. The molecule has 22 heavy (non-hydrogen) atoms. The number of anilines is 2. The third-order valence-electron chi connectivity index (χ3n) is 3.05. The minimum Gasteiger partial charge on any atom is -0.354 e. The van der Waals surface area contributed by atoms with Crippen molar-refractivity contribution in [3.63, 3.8) is 0 Å². The predicted octanol–water partition coefficient (Wildman–Crippen LogP) is 5.10. The van der Waals surface area contributed by atoms with Crippen LogP contribution in [0.25, 0.3) is 11.3 Å². The van der Waals surface area contributed by atoms with Crippen molar-refractivity contribution in [3.8, 4) is 11.3 Å². The summed E-state index contributed by atoms with van der Waals surface area (Å²) >= 11 is 0. The van der Waals surface area contributed by atoms with Crippen LogP contribution in [0.3, 0.4) is 0 Å². The zero-order chi connectivity index (χ0) is 15.6. The molecule has 1 N–H and O–H groups in total. The minimum atomic E-state index is -4.34. The van der Waals surface area contributed by atoms with Crippen molar-refractivity contribution >= 4 is 11.5 Å². The number of hydrogen-bond donors (Lipinski definition) is 1. The quantitative estimate of drug-likeness (QED) is 0.731. The lowest BCUT2D eigenvalue weighted by atomic mass is 10.2. The lowest BCUT2D eigenvalue weighted by molar-refractivity contribution is -0.137. The van der Waals surface area contributed by atoms with Gasteiger partial charge in [-0.05, 0) is 24.3 Å². The fourth-order valence-electron chi connectivity index (χ4n) is 1.96. The summed E-state index contributed by atoms with van der Waals surface area (Å²) in [6.07, 6.45) is -4.34. The van der Waals surface area contributed by atoms with E-state index in [2.05, 4.69) is 10.5 Å². The second-order valence-electron chi connectivity index (χ2n) is 4.64. The Labute approximate surface area is 124 Å². The average molecular weight is 304 g/mol. The number of halogens is 3. The van der Waals surface area contributed by atoms with Crippen LogP contribution in [-0.4, -0.2) is 5.16 Å². The summed E-state index contributed by atoms with van der Waals surface area (Å²) < 4.78 is 42.7. The van der Waals surface area contributed by atoms with Crippen molar-refractivity contribution in [1.29, 1.82) is 0 Å². The Hall–Kier alpha value is -2.76. The maximum Gasteiger partial charge on any atom is 0.416 e. The lowest BCUT2D eigenvalue weighted by Gasteiger charge is -2.07. The van der Waals surface area contributed by atoms with Gasteiger partial charge in [-0.15, -0.1) is 0 Å². The third-order valence-corrected chi connectivity index (χ3v) is 3.05. The molecule has 0 amide bonds. The first kappa shape index (κ1) is 14.2. The standard InChI is InChI=1S/C16H11F3N2O/c17-16(18,19)12-6-8-13(9-7-12)20-15-10-14(22-21-15)11-4-2-1-3-5-11/h1-10H,(H,20,21). The SMILES string of the molecule is FC(F)(F)c1ccc(Nc2cc(-c3ccccc3)on2)cc1. The summed E-state index contributed by atoms with van der Waals surface area (Å²) in [5.41, 5.74) is 0.680. The second-order valence-corrected chi connectivity index (χ2v) is 4.64. The number of aromatic nitrogens is 1. The molecule has 6 heteroatoms. The second kappa shape index (κ2) is 5.55. The molecular weight excluding hydrogens is 293 g/mol. The topological polar surface area (TPSA) is 38.1 Å². The first-order valence-electron chi connectivity index (χ1n) is 6.49. The Bertz CT molecular complexity index is 749. The summed E-state index contributed by atoms with van der Waals surface area (Å²) in [5, 5.41) is 6.75. The normalized spacial score (nSPS) is 11.4. The molecule has 0 saturated heterocycles. The summed E-state index contributed by atoms with van der Waals surface area (Å²) in [6, 6.07) is 15.8. The maximum atomic E-state index is 12.5. The molecule has 0 aliphatic heterocycles. The van der Waals surface area contributed by atoms with Crippen LogP contribution >= 0.6 is 0 Å². The zero-order valence-electron chi connectivity index (χ0n) is 11.3. The Morgan fingerprint density at radius 2 is 1.59 bits per heavy atom. The Kier molecular flexibility index (Phi) is 3.58. The third kappa shape index (κ3) is 3.11. The Balaban J connectivity index is 1.76. The highest BCUT2D eigenvalue weighted by molar-refractivity contribution is 5.64. The van der Waals surface area contributed by atoms with Crippen molar-refractivity contribution in [2.24, 2.45) is 0 Å². The van der Waals surface area contributed by atoms with Gasteiger partial charge in [-0.1, -0.05) is 35.5 Å². The van der Waals surface area contributed by atoms with Gasteiger partial charge in [0, 0.05) is 17.3 Å². The molecule has 112 valence electrons. The molecule has 1 aromatic heterocycles. The molecule has 0 saturated carbocycles. The van der Waals surface area contributed by atoms with E-state index < -0.39 is 11.7 Å². The summed E-state index contributed by atoms with van der Waals surface area (Å²) in [6.45, 7) is 0. The monoisotopic (exact) mass is 304 g/mol. The summed E-state index contributed by atoms with van der Waals surface area (Å²) in [7, 11) is 0. The molecule has 2 aromatic carbocycles. The van der Waals surface area contributed by atoms with Crippen LogP contribution in [0, 0.1) is 0 Å². The van der Waals surface area contributed by atoms with E-state index >= 15 is 0 Å². The predicted molar refractivity (Wildman–Crippen MR) is 76.7 cm³/mol. The molecule has 0 spiro atoms. The van der Waals surface area contributed by atoms with Gasteiger partial charge in [0.25, 0.3) is 0 Å². The molecule has 0 atom stereocenters. The van der Waals surface area contributed by atoms with Crippen molar-refractivity contribution in [1.82, 2.24) is 5.16 Å². The van der Waals surface area contributed by atoms with E-state index in [1.807, 2.05) is 30.3 Å². The molecule has 3 nitrogen and oxygen atoms in total. The van der Waals surface area contributed by atoms with E-state index in [1.54, 1.807) is 6.07 Å². The van der Waals surface area contributed by atoms with Gasteiger partial charge < -0.3 is 9.84 Å². The smallest absolute Gasteiger partial charge is 0.354 e. The molecule has 3 rings (SSSR count). The van der Waals surface area contributed by atoms with Crippen LogP contribution in [0.2, 0.25) is 0 Å². The largest absolute Gasteiger partial charge is 0.416 e. The van der Waals surface area contributed by atoms with Crippen LogP contribution in [0.15, 0.2) is 65.2 Å². The fourth-order valence-corrected chi connectivity index (χ4v) is 1.96. The van der Waals surface area contributed by atoms with Gasteiger partial charge in [-0.2, -0.15) is 13.2 Å². The van der Waals surface area contributed by atoms with Crippen LogP contribution < -0.4 is 5.32 Å². The average Bonchev–Trinajstić information content (AvgIpc) is 2.96. The fraction of sp³-hybridized carbons (Fsp3) is 0.0625. The number of nitrogens with one attached hydrogen (secondary N) is 1. The van der Waals surface area contributed by atoms with Gasteiger partial charge in [0.15, 0.2) is 11.6 Å². The van der Waals surface area contributed by atoms with Gasteiger partial charge in [0.05, 0.1) is 5.56 Å². The van der Waals surface area contributed by atoms with Crippen LogP contribution in [0.5, 0.6) is 0 Å². The first-order valence-corrected chi connectivity index (χ1v) is 6.49. The highest BCUT2D eigenvalue weighted by Crippen LogP contribution is 2.30. The molecule has 0 aliphatic rings. The van der Waals surface area contributed by atoms with Gasteiger partial charge in [0.1, 0.15) is 0 Å². The van der Waals surface area contributed by atoms with Crippen molar-refractivity contribution in [2.45, 2.75) is 6.18 Å². The zero-order valence-corrected chi connectivity index (χ0v) is 11.3. The summed E-state index contributed by atoms with van der Waals surface area (Å²) in [5.74, 6) is 1.01. The number of benzene rings is 2. The molecular formula is C16H11F3N2O. The lowest BCUT2D eigenvalue weighted by Crippen LogP contribution is -2.04. The van der Waals surface area contributed by atoms with Crippen LogP contribution in [-0.2, 0) is 6.18 Å². The van der Waals surface area contributed by atoms with E-state index in [9.17, 15) is 13.2 Å². The van der Waals surface area contributed by atoms with E-state index in [0.29, 0.717) is 17.3 Å². The maximum absolute atomic E-state index is 12.5. The Morgan fingerprint density at radius 1 is 0.909 bits per heavy atom. The highest BCUT2D eigenvalue weighted by atomic mass is 19.4. The highest BCUT2D eigenvalue weighted by Gasteiger charge is 2.29. The van der Waals surface area contributed by atoms with Crippen molar-refractivity contribution in [3.05, 3.63) is 66.2 Å². The molecule has 0 aliphatic carbocycles. The molecule has 0 fully saturated rings. The first-order chi connectivity index (χ1) is 10.5. The van der Waals surface area contributed by atoms with Crippen LogP contribution in [0.4, 0.5) is 24.7 Å². The van der Waals surface area contributed by atoms with Crippen molar-refractivity contribution < 1.29 is 17.7 Å². The van der Waals surface area contributed by atoms with Gasteiger partial charge in [-0.25, -0.2) is 0 Å². The molecule has 3 aromatic rings. The van der Waals surface area contributed by atoms with E-state index in [1.165, 1.54) is 12.1 Å². The van der Waals surface area contributed by atoms with Gasteiger partial charge in [0.2, 0.25) is 0 Å². The minimum absolute atomic E-state index is 0.429. The molecule has 0 radical (unpaired) electrons. The molecule has 0 unspecified atom stereocenters. The number of hydrogen-bond acceptors (Lipinski definition) is 3. The number of alkyl halides is 3.